The van der Waals surface area contributed by atoms with Gasteiger partial charge in [-0.2, -0.15) is 0 Å². The minimum Gasteiger partial charge on any atom is -0.376 e. The number of hydrogen-bond acceptors (Lipinski definition) is 2. The van der Waals surface area contributed by atoms with Crippen molar-refractivity contribution in [1.29, 1.82) is 0 Å². The average Bonchev–Trinajstić information content (AvgIpc) is 2.50. The van der Waals surface area contributed by atoms with Crippen molar-refractivity contribution in [1.82, 2.24) is 0 Å². The van der Waals surface area contributed by atoms with Gasteiger partial charge in [-0.3, -0.25) is 0 Å². The standard InChI is InChI=1S/C19H33NO/c1-4-5-6-7-8-12-15-21-19(16(2)3)18(20)17-13-10-9-11-14-17/h9-11,13-14,16,18-19H,4-8,12,15,20H2,1-3H3. The van der Waals surface area contributed by atoms with E-state index in [9.17, 15) is 0 Å². The topological polar surface area (TPSA) is 35.2 Å². The van der Waals surface area contributed by atoms with Gasteiger partial charge in [-0.15, -0.1) is 0 Å². The van der Waals surface area contributed by atoms with E-state index in [0.717, 1.165) is 13.0 Å². The zero-order chi connectivity index (χ0) is 15.5. The molecule has 2 N–H and O–H groups in total. The Hall–Kier alpha value is -0.860. The molecule has 0 spiro atoms. The SMILES string of the molecule is CCCCCCCCOC(C(C)C)C(N)c1ccccc1. The molecule has 0 bridgehead atoms. The molecule has 1 aromatic carbocycles. The summed E-state index contributed by atoms with van der Waals surface area (Å²) in [5, 5.41) is 0. The van der Waals surface area contributed by atoms with Gasteiger partial charge in [-0.25, -0.2) is 0 Å². The first-order valence-electron chi connectivity index (χ1n) is 8.59. The Labute approximate surface area is 131 Å². The van der Waals surface area contributed by atoms with Gasteiger partial charge < -0.3 is 10.5 Å². The summed E-state index contributed by atoms with van der Waals surface area (Å²) in [6.07, 6.45) is 7.86. The zero-order valence-electron chi connectivity index (χ0n) is 14.1. The lowest BCUT2D eigenvalue weighted by molar-refractivity contribution is 0.00272. The number of benzene rings is 1. The van der Waals surface area contributed by atoms with E-state index < -0.39 is 0 Å². The summed E-state index contributed by atoms with van der Waals surface area (Å²) in [5.74, 6) is 0.431. The Morgan fingerprint density at radius 1 is 0.952 bits per heavy atom. The van der Waals surface area contributed by atoms with Crippen molar-refractivity contribution in [3.05, 3.63) is 35.9 Å². The largest absolute Gasteiger partial charge is 0.376 e. The number of nitrogens with two attached hydrogens (primary N) is 1. The molecule has 0 radical (unpaired) electrons. The van der Waals surface area contributed by atoms with Gasteiger partial charge >= 0.3 is 0 Å². The molecule has 0 saturated carbocycles. The molecule has 0 amide bonds. The van der Waals surface area contributed by atoms with Crippen molar-refractivity contribution in [3.8, 4) is 0 Å². The molecule has 0 heterocycles. The van der Waals surface area contributed by atoms with Gasteiger partial charge in [-0.1, -0.05) is 83.2 Å². The molecule has 2 atom stereocenters. The second-order valence-corrected chi connectivity index (χ2v) is 6.28. The van der Waals surface area contributed by atoms with E-state index in [2.05, 4.69) is 32.9 Å². The third-order valence-electron chi connectivity index (χ3n) is 4.00. The van der Waals surface area contributed by atoms with E-state index in [-0.39, 0.29) is 12.1 Å². The Morgan fingerprint density at radius 2 is 1.57 bits per heavy atom. The number of hydrogen-bond donors (Lipinski definition) is 1. The quantitative estimate of drug-likeness (QED) is 0.576. The summed E-state index contributed by atoms with van der Waals surface area (Å²) in [4.78, 5) is 0. The maximum atomic E-state index is 6.40. The highest BCUT2D eigenvalue weighted by atomic mass is 16.5. The summed E-state index contributed by atoms with van der Waals surface area (Å²) < 4.78 is 6.10. The summed E-state index contributed by atoms with van der Waals surface area (Å²) >= 11 is 0. The van der Waals surface area contributed by atoms with Crippen LogP contribution in [-0.4, -0.2) is 12.7 Å². The highest BCUT2D eigenvalue weighted by molar-refractivity contribution is 5.19. The lowest BCUT2D eigenvalue weighted by atomic mass is 9.94. The van der Waals surface area contributed by atoms with Crippen LogP contribution in [0.15, 0.2) is 30.3 Å². The fourth-order valence-electron chi connectivity index (χ4n) is 2.68. The van der Waals surface area contributed by atoms with E-state index in [1.807, 2.05) is 18.2 Å². The number of ether oxygens (including phenoxy) is 1. The lowest BCUT2D eigenvalue weighted by Crippen LogP contribution is -2.33. The Morgan fingerprint density at radius 3 is 2.19 bits per heavy atom. The van der Waals surface area contributed by atoms with Gasteiger partial charge in [0, 0.05) is 6.61 Å². The molecular formula is C19H33NO. The Kier molecular flexibility index (Phi) is 9.36. The van der Waals surface area contributed by atoms with Crippen LogP contribution in [0.3, 0.4) is 0 Å². The molecule has 0 aliphatic rings. The van der Waals surface area contributed by atoms with Crippen LogP contribution in [0.5, 0.6) is 0 Å². The van der Waals surface area contributed by atoms with Crippen LogP contribution in [0.4, 0.5) is 0 Å². The highest BCUT2D eigenvalue weighted by Crippen LogP contribution is 2.22. The fraction of sp³-hybridized carbons (Fsp3) is 0.684. The van der Waals surface area contributed by atoms with Crippen molar-refractivity contribution in [3.63, 3.8) is 0 Å². The van der Waals surface area contributed by atoms with Gasteiger partial charge in [0.2, 0.25) is 0 Å². The molecule has 0 saturated heterocycles. The van der Waals surface area contributed by atoms with E-state index in [0.29, 0.717) is 5.92 Å². The van der Waals surface area contributed by atoms with E-state index in [4.69, 9.17) is 10.5 Å². The van der Waals surface area contributed by atoms with E-state index in [1.165, 1.54) is 37.7 Å². The van der Waals surface area contributed by atoms with Crippen molar-refractivity contribution >= 4 is 0 Å². The van der Waals surface area contributed by atoms with Gasteiger partial charge in [0.1, 0.15) is 0 Å². The molecular weight excluding hydrogens is 258 g/mol. The summed E-state index contributed by atoms with van der Waals surface area (Å²) in [7, 11) is 0. The summed E-state index contributed by atoms with van der Waals surface area (Å²) in [6.45, 7) is 7.46. The van der Waals surface area contributed by atoms with E-state index >= 15 is 0 Å². The second-order valence-electron chi connectivity index (χ2n) is 6.28. The Balaban J connectivity index is 2.33. The highest BCUT2D eigenvalue weighted by Gasteiger charge is 2.23. The van der Waals surface area contributed by atoms with Gasteiger partial charge in [-0.05, 0) is 17.9 Å². The minimum atomic E-state index is -0.0358. The Bertz CT molecular complexity index is 350. The van der Waals surface area contributed by atoms with Gasteiger partial charge in [0.25, 0.3) is 0 Å². The predicted octanol–water partition coefficient (Wildman–Crippen LogP) is 5.09. The second kappa shape index (κ2) is 10.8. The monoisotopic (exact) mass is 291 g/mol. The van der Waals surface area contributed by atoms with Crippen molar-refractivity contribution in [2.45, 2.75) is 71.4 Å². The first-order valence-corrected chi connectivity index (χ1v) is 8.59. The van der Waals surface area contributed by atoms with Crippen LogP contribution >= 0.6 is 0 Å². The molecule has 2 heteroatoms. The van der Waals surface area contributed by atoms with Crippen molar-refractivity contribution in [2.75, 3.05) is 6.61 Å². The maximum absolute atomic E-state index is 6.40. The minimum absolute atomic E-state index is 0.0358. The fourth-order valence-corrected chi connectivity index (χ4v) is 2.68. The average molecular weight is 291 g/mol. The van der Waals surface area contributed by atoms with Crippen LogP contribution < -0.4 is 5.73 Å². The number of unbranched alkanes of at least 4 members (excludes halogenated alkanes) is 5. The van der Waals surface area contributed by atoms with Crippen LogP contribution in [0.2, 0.25) is 0 Å². The van der Waals surface area contributed by atoms with Crippen molar-refractivity contribution in [2.24, 2.45) is 11.7 Å². The normalized spacial score (nSPS) is 14.3. The first kappa shape index (κ1) is 18.2. The van der Waals surface area contributed by atoms with Gasteiger partial charge in [0.15, 0.2) is 0 Å². The van der Waals surface area contributed by atoms with Crippen LogP contribution in [0.25, 0.3) is 0 Å². The molecule has 1 aromatic rings. The van der Waals surface area contributed by atoms with Crippen molar-refractivity contribution < 1.29 is 4.74 Å². The smallest absolute Gasteiger partial charge is 0.0790 e. The molecule has 2 unspecified atom stereocenters. The third kappa shape index (κ3) is 7.10. The molecule has 0 aliphatic carbocycles. The molecule has 0 aromatic heterocycles. The lowest BCUT2D eigenvalue weighted by Gasteiger charge is -2.28. The summed E-state index contributed by atoms with van der Waals surface area (Å²) in [6, 6.07) is 10.3. The summed E-state index contributed by atoms with van der Waals surface area (Å²) in [5.41, 5.74) is 7.56. The first-order chi connectivity index (χ1) is 10.2. The number of rotatable bonds is 11. The van der Waals surface area contributed by atoms with Crippen LogP contribution in [0, 0.1) is 5.92 Å². The van der Waals surface area contributed by atoms with Gasteiger partial charge in [0.05, 0.1) is 12.1 Å². The molecule has 0 fully saturated rings. The zero-order valence-corrected chi connectivity index (χ0v) is 14.1. The van der Waals surface area contributed by atoms with E-state index in [1.54, 1.807) is 0 Å². The maximum Gasteiger partial charge on any atom is 0.0790 e. The third-order valence-corrected chi connectivity index (χ3v) is 4.00. The molecule has 1 rings (SSSR count). The molecule has 2 nitrogen and oxygen atoms in total. The predicted molar refractivity (Wildman–Crippen MR) is 91.3 cm³/mol. The van der Waals surface area contributed by atoms with Crippen LogP contribution in [-0.2, 0) is 4.74 Å². The molecule has 120 valence electrons. The molecule has 21 heavy (non-hydrogen) atoms. The molecule has 0 aliphatic heterocycles. The van der Waals surface area contributed by atoms with Crippen LogP contribution in [0.1, 0.15) is 70.9 Å².